The molecule has 1 aromatic carbocycles. The van der Waals surface area contributed by atoms with Crippen molar-refractivity contribution in [1.29, 1.82) is 0 Å². The van der Waals surface area contributed by atoms with Crippen LogP contribution in [0.25, 0.3) is 0 Å². The number of benzene rings is 1. The maximum absolute atomic E-state index is 5.84. The van der Waals surface area contributed by atoms with Crippen LogP contribution in [0.4, 0.5) is 0 Å². The first-order valence-electron chi connectivity index (χ1n) is 7.07. The molecular formula is C15H25BrN2O2. The summed E-state index contributed by atoms with van der Waals surface area (Å²) >= 11 is 3.52. The lowest BCUT2D eigenvalue weighted by atomic mass is 10.1. The van der Waals surface area contributed by atoms with E-state index >= 15 is 0 Å². The molecule has 2 N–H and O–H groups in total. The molecule has 0 aliphatic heterocycles. The summed E-state index contributed by atoms with van der Waals surface area (Å²) in [6, 6.07) is 4.02. The molecule has 0 unspecified atom stereocenters. The molecule has 4 nitrogen and oxygen atoms in total. The van der Waals surface area contributed by atoms with Crippen molar-refractivity contribution in [2.24, 2.45) is 0 Å². The predicted octanol–water partition coefficient (Wildman–Crippen LogP) is 2.95. The lowest BCUT2D eigenvalue weighted by molar-refractivity contribution is 0.290. The predicted molar refractivity (Wildman–Crippen MR) is 86.7 cm³/mol. The summed E-state index contributed by atoms with van der Waals surface area (Å²) in [6.45, 7) is 5.57. The largest absolute Gasteiger partial charge is 0.493 e. The smallest absolute Gasteiger partial charge is 0.165 e. The van der Waals surface area contributed by atoms with E-state index in [-0.39, 0.29) is 0 Å². The fourth-order valence-electron chi connectivity index (χ4n) is 1.89. The van der Waals surface area contributed by atoms with Gasteiger partial charge >= 0.3 is 0 Å². The van der Waals surface area contributed by atoms with E-state index in [1.54, 1.807) is 7.11 Å². The van der Waals surface area contributed by atoms with Gasteiger partial charge in [-0.2, -0.15) is 0 Å². The van der Waals surface area contributed by atoms with Gasteiger partial charge in [-0.05, 0) is 45.1 Å². The van der Waals surface area contributed by atoms with Gasteiger partial charge in [0.05, 0.1) is 13.7 Å². The molecule has 0 heterocycles. The summed E-state index contributed by atoms with van der Waals surface area (Å²) < 4.78 is 12.3. The molecule has 1 aromatic rings. The fraction of sp³-hybridized carbons (Fsp3) is 0.600. The van der Waals surface area contributed by atoms with Gasteiger partial charge in [0.1, 0.15) is 0 Å². The highest BCUT2D eigenvalue weighted by Crippen LogP contribution is 2.35. The van der Waals surface area contributed by atoms with Crippen LogP contribution in [0, 0.1) is 0 Å². The van der Waals surface area contributed by atoms with Gasteiger partial charge in [0.2, 0.25) is 0 Å². The van der Waals surface area contributed by atoms with Crippen molar-refractivity contribution < 1.29 is 9.47 Å². The van der Waals surface area contributed by atoms with Crippen LogP contribution in [0.5, 0.6) is 11.5 Å². The summed E-state index contributed by atoms with van der Waals surface area (Å²) in [5, 5.41) is 6.58. The molecule has 0 spiro atoms. The summed E-state index contributed by atoms with van der Waals surface area (Å²) in [6.07, 6.45) is 2.08. The second-order valence-electron chi connectivity index (χ2n) is 4.58. The Balaban J connectivity index is 2.72. The van der Waals surface area contributed by atoms with Crippen LogP contribution in [0.2, 0.25) is 0 Å². The molecule has 0 saturated carbocycles. The van der Waals surface area contributed by atoms with Crippen LogP contribution in [0.1, 0.15) is 25.3 Å². The molecular weight excluding hydrogens is 320 g/mol. The number of ether oxygens (including phenoxy) is 2. The van der Waals surface area contributed by atoms with E-state index in [0.29, 0.717) is 6.61 Å². The quantitative estimate of drug-likeness (QED) is 0.640. The van der Waals surface area contributed by atoms with Crippen LogP contribution >= 0.6 is 15.9 Å². The Labute approximate surface area is 130 Å². The summed E-state index contributed by atoms with van der Waals surface area (Å²) in [5.74, 6) is 1.62. The minimum atomic E-state index is 0.699. The average molecular weight is 345 g/mol. The van der Waals surface area contributed by atoms with Gasteiger partial charge in [-0.25, -0.2) is 0 Å². The van der Waals surface area contributed by atoms with E-state index < -0.39 is 0 Å². The number of hydrogen-bond donors (Lipinski definition) is 2. The van der Waals surface area contributed by atoms with E-state index in [0.717, 1.165) is 54.0 Å². The van der Waals surface area contributed by atoms with Crippen molar-refractivity contribution in [2.75, 3.05) is 33.9 Å². The molecule has 0 aromatic heterocycles. The summed E-state index contributed by atoms with van der Waals surface area (Å²) in [4.78, 5) is 0. The van der Waals surface area contributed by atoms with Crippen molar-refractivity contribution in [3.05, 3.63) is 22.2 Å². The Morgan fingerprint density at radius 3 is 2.70 bits per heavy atom. The van der Waals surface area contributed by atoms with Gasteiger partial charge < -0.3 is 20.1 Å². The molecule has 0 bridgehead atoms. The Morgan fingerprint density at radius 2 is 2.05 bits per heavy atom. The standard InChI is InChI=1S/C15H25BrN2O2/c1-4-8-20-15-12(11-18-7-5-6-17-2)9-13(16)10-14(15)19-3/h9-10,17-18H,4-8,11H2,1-3H3. The topological polar surface area (TPSA) is 42.5 Å². The highest BCUT2D eigenvalue weighted by Gasteiger charge is 2.12. The second kappa shape index (κ2) is 10.0. The van der Waals surface area contributed by atoms with E-state index in [1.165, 1.54) is 0 Å². The lowest BCUT2D eigenvalue weighted by Crippen LogP contribution is -2.20. The van der Waals surface area contributed by atoms with E-state index in [9.17, 15) is 0 Å². The molecule has 1 rings (SSSR count). The zero-order valence-electron chi connectivity index (χ0n) is 12.6. The van der Waals surface area contributed by atoms with Gasteiger partial charge in [0.25, 0.3) is 0 Å². The lowest BCUT2D eigenvalue weighted by Gasteiger charge is -2.16. The molecule has 114 valence electrons. The normalized spacial score (nSPS) is 10.6. The molecule has 0 aliphatic rings. The number of methoxy groups -OCH3 is 1. The molecule has 0 saturated heterocycles. The molecule has 0 atom stereocenters. The highest BCUT2D eigenvalue weighted by atomic mass is 79.9. The second-order valence-corrected chi connectivity index (χ2v) is 5.49. The van der Waals surface area contributed by atoms with Crippen molar-refractivity contribution in [3.63, 3.8) is 0 Å². The Morgan fingerprint density at radius 1 is 1.25 bits per heavy atom. The van der Waals surface area contributed by atoms with Crippen molar-refractivity contribution in [1.82, 2.24) is 10.6 Å². The molecule has 0 radical (unpaired) electrons. The molecule has 0 aliphatic carbocycles. The van der Waals surface area contributed by atoms with Gasteiger partial charge in [0, 0.05) is 16.6 Å². The SMILES string of the molecule is CCCOc1c(CNCCCNC)cc(Br)cc1OC. The zero-order chi connectivity index (χ0) is 14.8. The minimum Gasteiger partial charge on any atom is -0.493 e. The van der Waals surface area contributed by atoms with Crippen LogP contribution in [-0.4, -0.2) is 33.9 Å². The van der Waals surface area contributed by atoms with Crippen molar-refractivity contribution in [2.45, 2.75) is 26.3 Å². The Kier molecular flexibility index (Phi) is 8.65. The molecule has 5 heteroatoms. The van der Waals surface area contributed by atoms with Crippen LogP contribution in [0.15, 0.2) is 16.6 Å². The van der Waals surface area contributed by atoms with Crippen LogP contribution in [-0.2, 0) is 6.54 Å². The van der Waals surface area contributed by atoms with Crippen molar-refractivity contribution in [3.8, 4) is 11.5 Å². The number of nitrogens with one attached hydrogen (secondary N) is 2. The molecule has 0 amide bonds. The average Bonchev–Trinajstić information content (AvgIpc) is 2.45. The van der Waals surface area contributed by atoms with E-state index in [4.69, 9.17) is 9.47 Å². The van der Waals surface area contributed by atoms with Crippen LogP contribution < -0.4 is 20.1 Å². The third-order valence-corrected chi connectivity index (χ3v) is 3.32. The zero-order valence-corrected chi connectivity index (χ0v) is 14.2. The summed E-state index contributed by atoms with van der Waals surface area (Å²) in [7, 11) is 3.64. The number of hydrogen-bond acceptors (Lipinski definition) is 4. The molecule has 0 fully saturated rings. The third kappa shape index (κ3) is 5.69. The first-order chi connectivity index (χ1) is 9.72. The van der Waals surface area contributed by atoms with Gasteiger partial charge in [0.15, 0.2) is 11.5 Å². The third-order valence-electron chi connectivity index (χ3n) is 2.86. The first-order valence-corrected chi connectivity index (χ1v) is 7.86. The Bertz CT molecular complexity index is 400. The van der Waals surface area contributed by atoms with Gasteiger partial charge in [-0.3, -0.25) is 0 Å². The first kappa shape index (κ1) is 17.3. The Hall–Kier alpha value is -0.780. The molecule has 20 heavy (non-hydrogen) atoms. The van der Waals surface area contributed by atoms with Crippen LogP contribution in [0.3, 0.4) is 0 Å². The number of rotatable bonds is 10. The minimum absolute atomic E-state index is 0.699. The maximum atomic E-state index is 5.84. The van der Waals surface area contributed by atoms with Gasteiger partial charge in [-0.15, -0.1) is 0 Å². The maximum Gasteiger partial charge on any atom is 0.165 e. The number of halogens is 1. The monoisotopic (exact) mass is 344 g/mol. The fourth-order valence-corrected chi connectivity index (χ4v) is 2.37. The van der Waals surface area contributed by atoms with E-state index in [2.05, 4.69) is 39.6 Å². The highest BCUT2D eigenvalue weighted by molar-refractivity contribution is 9.10. The summed E-state index contributed by atoms with van der Waals surface area (Å²) in [5.41, 5.74) is 1.12. The van der Waals surface area contributed by atoms with Gasteiger partial charge in [-0.1, -0.05) is 22.9 Å². The van der Waals surface area contributed by atoms with E-state index in [1.807, 2.05) is 13.1 Å². The van der Waals surface area contributed by atoms with Crippen molar-refractivity contribution >= 4 is 15.9 Å².